The second-order valence-corrected chi connectivity index (χ2v) is 4.00. The molecule has 88 valence electrons. The molecule has 5 nitrogen and oxygen atoms in total. The number of aryl methyl sites for hydroxylation is 1. The lowest BCUT2D eigenvalue weighted by Crippen LogP contribution is -2.31. The van der Waals surface area contributed by atoms with Gasteiger partial charge in [0.05, 0.1) is 5.69 Å². The molecule has 0 unspecified atom stereocenters. The highest BCUT2D eigenvalue weighted by atomic mass is 16.2. The third-order valence-corrected chi connectivity index (χ3v) is 2.52. The normalized spacial score (nSPS) is 10.5. The van der Waals surface area contributed by atoms with Gasteiger partial charge in [-0.3, -0.25) is 14.0 Å². The Morgan fingerprint density at radius 1 is 1.29 bits per heavy atom. The van der Waals surface area contributed by atoms with Gasteiger partial charge >= 0.3 is 0 Å². The predicted molar refractivity (Wildman–Crippen MR) is 63.0 cm³/mol. The minimum absolute atomic E-state index is 0.333. The van der Waals surface area contributed by atoms with Crippen LogP contribution in [0, 0.1) is 6.92 Å². The third kappa shape index (κ3) is 1.80. The maximum atomic E-state index is 12.0. The number of hydrogen-bond acceptors (Lipinski definition) is 3. The molecule has 0 fully saturated rings. The van der Waals surface area contributed by atoms with Gasteiger partial charge in [-0.25, -0.2) is 4.98 Å². The summed E-state index contributed by atoms with van der Waals surface area (Å²) in [5.41, 5.74) is 1.57. The molecule has 0 spiro atoms. The summed E-state index contributed by atoms with van der Waals surface area (Å²) in [6.07, 6.45) is 1.73. The Kier molecular flexibility index (Phi) is 2.67. The van der Waals surface area contributed by atoms with E-state index in [4.69, 9.17) is 0 Å². The Hall–Kier alpha value is -2.17. The summed E-state index contributed by atoms with van der Waals surface area (Å²) in [7, 11) is 3.11. The van der Waals surface area contributed by atoms with E-state index in [0.29, 0.717) is 17.0 Å². The summed E-state index contributed by atoms with van der Waals surface area (Å²) in [6.45, 7) is 1.73. The van der Waals surface area contributed by atoms with Crippen LogP contribution < -0.4 is 0 Å². The van der Waals surface area contributed by atoms with E-state index in [-0.39, 0.29) is 0 Å². The van der Waals surface area contributed by atoms with E-state index < -0.39 is 11.7 Å². The average Bonchev–Trinajstić information content (AvgIpc) is 2.62. The molecule has 0 N–H and O–H groups in total. The van der Waals surface area contributed by atoms with Gasteiger partial charge in [-0.1, -0.05) is 6.07 Å². The van der Waals surface area contributed by atoms with E-state index in [0.717, 1.165) is 0 Å². The van der Waals surface area contributed by atoms with Gasteiger partial charge in [0.1, 0.15) is 11.3 Å². The molecule has 0 aliphatic heterocycles. The van der Waals surface area contributed by atoms with E-state index in [1.54, 1.807) is 43.7 Å². The molecule has 5 heteroatoms. The molecule has 0 aliphatic carbocycles. The number of rotatable bonds is 2. The zero-order valence-corrected chi connectivity index (χ0v) is 9.97. The number of fused-ring (bicyclic) bond motifs is 1. The van der Waals surface area contributed by atoms with Crippen LogP contribution in [0.2, 0.25) is 0 Å². The lowest BCUT2D eigenvalue weighted by atomic mass is 10.2. The molecule has 2 rings (SSSR count). The van der Waals surface area contributed by atoms with Crippen LogP contribution in [0.1, 0.15) is 16.2 Å². The maximum absolute atomic E-state index is 12.0. The molecule has 2 aromatic rings. The monoisotopic (exact) mass is 231 g/mol. The van der Waals surface area contributed by atoms with Crippen molar-refractivity contribution in [2.45, 2.75) is 6.92 Å². The fraction of sp³-hybridized carbons (Fsp3) is 0.250. The molecule has 0 saturated heterocycles. The van der Waals surface area contributed by atoms with Crippen molar-refractivity contribution in [1.82, 2.24) is 14.3 Å². The topological polar surface area (TPSA) is 54.7 Å². The molecule has 2 heterocycles. The van der Waals surface area contributed by atoms with E-state index in [1.807, 2.05) is 6.07 Å². The molecule has 0 aliphatic rings. The number of hydrogen-bond donors (Lipinski definition) is 0. The number of ketones is 1. The van der Waals surface area contributed by atoms with Crippen molar-refractivity contribution >= 4 is 17.3 Å². The number of nitrogens with zero attached hydrogens (tertiary/aromatic N) is 3. The minimum atomic E-state index is -0.543. The number of Topliss-reactive ketones (excluding diaryl/α,β-unsaturated/α-hetero) is 1. The van der Waals surface area contributed by atoms with Crippen LogP contribution >= 0.6 is 0 Å². The molecule has 0 atom stereocenters. The van der Waals surface area contributed by atoms with Gasteiger partial charge in [0.25, 0.3) is 11.7 Å². The summed E-state index contributed by atoms with van der Waals surface area (Å²) >= 11 is 0. The van der Waals surface area contributed by atoms with Crippen molar-refractivity contribution in [3.05, 3.63) is 35.8 Å². The Balaban J connectivity index is 2.59. The second-order valence-electron chi connectivity index (χ2n) is 4.00. The number of aromatic nitrogens is 2. The first-order chi connectivity index (χ1) is 8.02. The van der Waals surface area contributed by atoms with Crippen molar-refractivity contribution in [3.63, 3.8) is 0 Å². The Bertz CT molecular complexity index is 599. The van der Waals surface area contributed by atoms with Gasteiger partial charge < -0.3 is 4.90 Å². The van der Waals surface area contributed by atoms with Crippen LogP contribution in [0.3, 0.4) is 0 Å². The van der Waals surface area contributed by atoms with Crippen LogP contribution in [0.5, 0.6) is 0 Å². The first kappa shape index (κ1) is 11.3. The van der Waals surface area contributed by atoms with Crippen molar-refractivity contribution in [2.75, 3.05) is 14.1 Å². The molecule has 2 aromatic heterocycles. The van der Waals surface area contributed by atoms with E-state index in [9.17, 15) is 9.59 Å². The Morgan fingerprint density at radius 2 is 2.00 bits per heavy atom. The fourth-order valence-corrected chi connectivity index (χ4v) is 1.69. The first-order valence-corrected chi connectivity index (χ1v) is 5.22. The van der Waals surface area contributed by atoms with E-state index in [1.165, 1.54) is 4.90 Å². The van der Waals surface area contributed by atoms with Crippen molar-refractivity contribution in [3.8, 4) is 0 Å². The van der Waals surface area contributed by atoms with Crippen molar-refractivity contribution < 1.29 is 9.59 Å². The molecule has 17 heavy (non-hydrogen) atoms. The summed E-state index contributed by atoms with van der Waals surface area (Å²) in [4.78, 5) is 29.2. The number of carbonyl (C=O) groups excluding carboxylic acids is 2. The Labute approximate surface area is 98.7 Å². The largest absolute Gasteiger partial charge is 0.342 e. The molecule has 0 radical (unpaired) electrons. The van der Waals surface area contributed by atoms with Crippen LogP contribution in [0.4, 0.5) is 0 Å². The first-order valence-electron chi connectivity index (χ1n) is 5.22. The number of amides is 1. The summed E-state index contributed by atoms with van der Waals surface area (Å²) in [5.74, 6) is -1.08. The molecule has 0 saturated carbocycles. The average molecular weight is 231 g/mol. The molecule has 0 aromatic carbocycles. The highest BCUT2D eigenvalue weighted by Crippen LogP contribution is 2.12. The summed E-state index contributed by atoms with van der Waals surface area (Å²) < 4.78 is 1.64. The van der Waals surface area contributed by atoms with Gasteiger partial charge in [-0.2, -0.15) is 0 Å². The number of imidazole rings is 1. The SMILES string of the molecule is Cc1nc2ccccn2c1C(=O)C(=O)N(C)C. The van der Waals surface area contributed by atoms with Crippen molar-refractivity contribution in [2.24, 2.45) is 0 Å². The number of carbonyl (C=O) groups is 2. The molecule has 0 bridgehead atoms. The lowest BCUT2D eigenvalue weighted by Gasteiger charge is -2.08. The third-order valence-electron chi connectivity index (χ3n) is 2.52. The van der Waals surface area contributed by atoms with Gasteiger partial charge in [0, 0.05) is 20.3 Å². The quantitative estimate of drug-likeness (QED) is 0.570. The van der Waals surface area contributed by atoms with Crippen LogP contribution in [-0.4, -0.2) is 40.1 Å². The highest BCUT2D eigenvalue weighted by Gasteiger charge is 2.24. The smallest absolute Gasteiger partial charge is 0.296 e. The van der Waals surface area contributed by atoms with E-state index in [2.05, 4.69) is 4.98 Å². The minimum Gasteiger partial charge on any atom is -0.342 e. The van der Waals surface area contributed by atoms with Gasteiger partial charge in [0.2, 0.25) is 0 Å². The fourth-order valence-electron chi connectivity index (χ4n) is 1.69. The summed E-state index contributed by atoms with van der Waals surface area (Å²) in [5, 5.41) is 0. The number of likely N-dealkylation sites (N-methyl/N-ethyl adjacent to an activating group) is 1. The van der Waals surface area contributed by atoms with Crippen LogP contribution in [0.25, 0.3) is 5.65 Å². The predicted octanol–water partition coefficient (Wildman–Crippen LogP) is 0.914. The standard InChI is InChI=1S/C12H13N3O2/c1-8-10(11(16)12(17)14(2)3)15-7-5-4-6-9(15)13-8/h4-7H,1-3H3. The zero-order valence-electron chi connectivity index (χ0n) is 9.97. The highest BCUT2D eigenvalue weighted by molar-refractivity contribution is 6.42. The van der Waals surface area contributed by atoms with Gasteiger partial charge in [0.15, 0.2) is 0 Å². The second kappa shape index (κ2) is 4.01. The molecular formula is C12H13N3O2. The van der Waals surface area contributed by atoms with Gasteiger partial charge in [-0.15, -0.1) is 0 Å². The summed E-state index contributed by atoms with van der Waals surface area (Å²) in [6, 6.07) is 5.43. The zero-order chi connectivity index (χ0) is 12.6. The number of pyridine rings is 1. The van der Waals surface area contributed by atoms with Crippen LogP contribution in [-0.2, 0) is 4.79 Å². The lowest BCUT2D eigenvalue weighted by molar-refractivity contribution is -0.124. The maximum Gasteiger partial charge on any atom is 0.296 e. The molecular weight excluding hydrogens is 218 g/mol. The van der Waals surface area contributed by atoms with E-state index >= 15 is 0 Å². The van der Waals surface area contributed by atoms with Crippen molar-refractivity contribution in [1.29, 1.82) is 0 Å². The Morgan fingerprint density at radius 3 is 2.65 bits per heavy atom. The molecule has 1 amide bonds. The van der Waals surface area contributed by atoms with Gasteiger partial charge in [-0.05, 0) is 19.1 Å². The van der Waals surface area contributed by atoms with Crippen LogP contribution in [0.15, 0.2) is 24.4 Å².